The van der Waals surface area contributed by atoms with Gasteiger partial charge in [0.15, 0.2) is 11.6 Å². The fourth-order valence-electron chi connectivity index (χ4n) is 5.01. The largest absolute Gasteiger partial charge is 0.497 e. The summed E-state index contributed by atoms with van der Waals surface area (Å²) in [5.74, 6) is -2.06. The van der Waals surface area contributed by atoms with Crippen molar-refractivity contribution in [2.24, 2.45) is 5.41 Å². The summed E-state index contributed by atoms with van der Waals surface area (Å²) in [7, 11) is 1.63. The molecule has 0 spiro atoms. The van der Waals surface area contributed by atoms with Crippen molar-refractivity contribution < 1.29 is 23.0 Å². The monoisotopic (exact) mass is 521 g/mol. The Bertz CT molecular complexity index is 1180. The van der Waals surface area contributed by atoms with Crippen LogP contribution in [0.2, 0.25) is 5.02 Å². The molecule has 5 nitrogen and oxygen atoms in total. The lowest BCUT2D eigenvalue weighted by Gasteiger charge is -2.41. The van der Waals surface area contributed by atoms with Gasteiger partial charge in [-0.15, -0.1) is 0 Å². The molecule has 1 aliphatic rings. The SMILES string of the molecule is COc1ccc2ncc(Cl)c(CCCC3(CO)CCN(CCNc4c(F)cc(F)cc4F)CC3)c2c1. The van der Waals surface area contributed by atoms with Gasteiger partial charge in [-0.05, 0) is 74.4 Å². The average Bonchev–Trinajstić information content (AvgIpc) is 2.87. The lowest BCUT2D eigenvalue weighted by Crippen LogP contribution is -2.43. The van der Waals surface area contributed by atoms with Crippen LogP contribution < -0.4 is 10.1 Å². The summed E-state index contributed by atoms with van der Waals surface area (Å²) >= 11 is 6.50. The Balaban J connectivity index is 1.30. The van der Waals surface area contributed by atoms with Crippen LogP contribution in [0, 0.1) is 22.9 Å². The highest BCUT2D eigenvalue weighted by Crippen LogP contribution is 2.37. The Morgan fingerprint density at radius 3 is 2.53 bits per heavy atom. The van der Waals surface area contributed by atoms with Crippen molar-refractivity contribution in [2.45, 2.75) is 32.1 Å². The zero-order valence-corrected chi connectivity index (χ0v) is 21.1. The highest BCUT2D eigenvalue weighted by molar-refractivity contribution is 6.32. The molecule has 36 heavy (non-hydrogen) atoms. The van der Waals surface area contributed by atoms with Gasteiger partial charge in [-0.2, -0.15) is 0 Å². The van der Waals surface area contributed by atoms with Crippen LogP contribution >= 0.6 is 11.6 Å². The quantitative estimate of drug-likeness (QED) is 0.352. The number of hydrogen-bond donors (Lipinski definition) is 2. The molecule has 0 radical (unpaired) electrons. The van der Waals surface area contributed by atoms with Crippen LogP contribution in [-0.2, 0) is 6.42 Å². The zero-order valence-electron chi connectivity index (χ0n) is 20.3. The summed E-state index contributed by atoms with van der Waals surface area (Å²) in [5.41, 5.74) is 1.44. The molecule has 2 heterocycles. The molecular weight excluding hydrogens is 491 g/mol. The molecular formula is C27H31ClF3N3O2. The number of benzene rings is 2. The first kappa shape index (κ1) is 26.5. The Hall–Kier alpha value is -2.55. The third-order valence-corrected chi connectivity index (χ3v) is 7.58. The van der Waals surface area contributed by atoms with E-state index in [1.165, 1.54) is 0 Å². The highest BCUT2D eigenvalue weighted by atomic mass is 35.5. The number of hydrogen-bond acceptors (Lipinski definition) is 5. The zero-order chi connectivity index (χ0) is 25.7. The number of fused-ring (bicyclic) bond motifs is 1. The third kappa shape index (κ3) is 6.05. The van der Waals surface area contributed by atoms with Crippen molar-refractivity contribution in [3.05, 3.63) is 64.6 Å². The predicted octanol–water partition coefficient (Wildman–Crippen LogP) is 5.82. The number of pyridine rings is 1. The van der Waals surface area contributed by atoms with E-state index in [1.54, 1.807) is 13.3 Å². The fourth-order valence-corrected chi connectivity index (χ4v) is 5.26. The molecule has 0 aliphatic carbocycles. The summed E-state index contributed by atoms with van der Waals surface area (Å²) in [5, 5.41) is 14.6. The number of aryl methyl sites for hydroxylation is 1. The molecule has 3 aromatic rings. The van der Waals surface area contributed by atoms with Crippen molar-refractivity contribution in [1.82, 2.24) is 9.88 Å². The summed E-state index contributed by atoms with van der Waals surface area (Å²) < 4.78 is 46.1. The molecule has 1 aromatic heterocycles. The van der Waals surface area contributed by atoms with E-state index in [-0.39, 0.29) is 17.7 Å². The molecule has 2 N–H and O–H groups in total. The Labute approximate surface area is 214 Å². The Morgan fingerprint density at radius 1 is 1.14 bits per heavy atom. The summed E-state index contributed by atoms with van der Waals surface area (Å²) in [6.45, 7) is 2.62. The molecule has 0 amide bonds. The van der Waals surface area contributed by atoms with Crippen molar-refractivity contribution >= 4 is 28.2 Å². The number of ether oxygens (including phenoxy) is 1. The molecule has 0 saturated carbocycles. The van der Waals surface area contributed by atoms with Crippen LogP contribution in [0.3, 0.4) is 0 Å². The lowest BCUT2D eigenvalue weighted by atomic mass is 9.75. The van der Waals surface area contributed by atoms with E-state index in [0.29, 0.717) is 30.2 Å². The maximum atomic E-state index is 13.8. The number of piperidine rings is 1. The number of aliphatic hydroxyl groups excluding tert-OH is 1. The molecule has 1 aliphatic heterocycles. The van der Waals surface area contributed by atoms with Crippen LogP contribution in [0.25, 0.3) is 10.9 Å². The highest BCUT2D eigenvalue weighted by Gasteiger charge is 2.33. The summed E-state index contributed by atoms with van der Waals surface area (Å²) in [6.07, 6.45) is 5.87. The number of aliphatic hydroxyl groups is 1. The molecule has 1 saturated heterocycles. The molecule has 194 valence electrons. The second kappa shape index (κ2) is 11.7. The number of methoxy groups -OCH3 is 1. The van der Waals surface area contributed by atoms with Crippen LogP contribution in [-0.4, -0.2) is 54.9 Å². The summed E-state index contributed by atoms with van der Waals surface area (Å²) in [6, 6.07) is 7.10. The second-order valence-electron chi connectivity index (χ2n) is 9.49. The van der Waals surface area contributed by atoms with Crippen molar-refractivity contribution in [1.29, 1.82) is 0 Å². The van der Waals surface area contributed by atoms with E-state index in [1.807, 2.05) is 18.2 Å². The third-order valence-electron chi connectivity index (χ3n) is 7.26. The van der Waals surface area contributed by atoms with Crippen LogP contribution in [0.5, 0.6) is 5.75 Å². The first-order valence-electron chi connectivity index (χ1n) is 12.2. The number of anilines is 1. The van der Waals surface area contributed by atoms with Gasteiger partial charge < -0.3 is 20.1 Å². The number of nitrogens with zero attached hydrogens (tertiary/aromatic N) is 2. The van der Waals surface area contributed by atoms with E-state index in [4.69, 9.17) is 16.3 Å². The molecule has 0 unspecified atom stereocenters. The van der Waals surface area contributed by atoms with Gasteiger partial charge in [-0.1, -0.05) is 11.6 Å². The van der Waals surface area contributed by atoms with Gasteiger partial charge in [-0.3, -0.25) is 4.98 Å². The average molecular weight is 522 g/mol. The van der Waals surface area contributed by atoms with Crippen LogP contribution in [0.1, 0.15) is 31.2 Å². The molecule has 4 rings (SSSR count). The van der Waals surface area contributed by atoms with E-state index in [0.717, 1.165) is 67.4 Å². The minimum Gasteiger partial charge on any atom is -0.497 e. The van der Waals surface area contributed by atoms with Crippen molar-refractivity contribution in [2.75, 3.05) is 45.2 Å². The first-order valence-corrected chi connectivity index (χ1v) is 12.5. The van der Waals surface area contributed by atoms with Gasteiger partial charge in [0.25, 0.3) is 0 Å². The second-order valence-corrected chi connectivity index (χ2v) is 9.90. The molecule has 2 aromatic carbocycles. The van der Waals surface area contributed by atoms with Gasteiger partial charge in [0.05, 0.1) is 17.6 Å². The van der Waals surface area contributed by atoms with Gasteiger partial charge in [-0.25, -0.2) is 13.2 Å². The van der Waals surface area contributed by atoms with Gasteiger partial charge in [0.2, 0.25) is 0 Å². The minimum absolute atomic E-state index is 0.115. The molecule has 1 fully saturated rings. The topological polar surface area (TPSA) is 57.6 Å². The number of rotatable bonds is 10. The van der Waals surface area contributed by atoms with Crippen molar-refractivity contribution in [3.8, 4) is 5.75 Å². The van der Waals surface area contributed by atoms with Gasteiger partial charge in [0.1, 0.15) is 17.3 Å². The first-order chi connectivity index (χ1) is 17.3. The van der Waals surface area contributed by atoms with Gasteiger partial charge >= 0.3 is 0 Å². The summed E-state index contributed by atoms with van der Waals surface area (Å²) in [4.78, 5) is 6.62. The number of nitrogens with one attached hydrogen (secondary N) is 1. The molecule has 0 atom stereocenters. The molecule has 0 bridgehead atoms. The van der Waals surface area contributed by atoms with Crippen molar-refractivity contribution in [3.63, 3.8) is 0 Å². The fraction of sp³-hybridized carbons (Fsp3) is 0.444. The molecule has 9 heteroatoms. The number of halogens is 4. The van der Waals surface area contributed by atoms with E-state index in [2.05, 4.69) is 15.2 Å². The van der Waals surface area contributed by atoms with Crippen LogP contribution in [0.4, 0.5) is 18.9 Å². The van der Waals surface area contributed by atoms with Crippen LogP contribution in [0.15, 0.2) is 36.5 Å². The Kier molecular flexibility index (Phi) is 8.59. The normalized spacial score (nSPS) is 15.8. The maximum Gasteiger partial charge on any atom is 0.152 e. The van der Waals surface area contributed by atoms with Gasteiger partial charge in [0, 0.05) is 43.4 Å². The van der Waals surface area contributed by atoms with E-state index < -0.39 is 17.5 Å². The lowest BCUT2D eigenvalue weighted by molar-refractivity contribution is 0.0370. The standard InChI is InChI=1S/C27H31ClF3N3O2/c1-36-19-4-5-25-21(15-19)20(22(28)16-33-25)3-2-6-27(17-35)7-10-34(11-8-27)12-9-32-26-23(30)13-18(29)14-24(26)31/h4-5,13-16,32,35H,2-3,6-12,17H2,1H3. The minimum atomic E-state index is -0.939. The maximum absolute atomic E-state index is 13.8. The van der Waals surface area contributed by atoms with E-state index in [9.17, 15) is 18.3 Å². The number of aromatic nitrogens is 1. The Morgan fingerprint density at radius 2 is 1.86 bits per heavy atom. The number of likely N-dealkylation sites (tertiary alicyclic amines) is 1. The smallest absolute Gasteiger partial charge is 0.152 e. The van der Waals surface area contributed by atoms with E-state index >= 15 is 0 Å². The predicted molar refractivity (Wildman–Crippen MR) is 136 cm³/mol.